The van der Waals surface area contributed by atoms with E-state index < -0.39 is 11.8 Å². The number of thiazole rings is 1. The SMILES string of the molecule is Cc1nn(-c2nc(-c3ccc(Cl)cc3)c(SC(C)C)s2)c(C(=O)O)c1-c1cccc(F)c1. The number of halogens is 2. The second-order valence-electron chi connectivity index (χ2n) is 7.34. The molecule has 0 unspecified atom stereocenters. The Kier molecular flexibility index (Phi) is 6.37. The van der Waals surface area contributed by atoms with Crippen LogP contribution in [0.3, 0.4) is 0 Å². The van der Waals surface area contributed by atoms with Crippen molar-refractivity contribution in [3.05, 3.63) is 70.8 Å². The minimum atomic E-state index is -1.16. The molecular weight excluding hydrogens is 469 g/mol. The van der Waals surface area contributed by atoms with Crippen LogP contribution in [0.25, 0.3) is 27.5 Å². The average Bonchev–Trinajstić information content (AvgIpc) is 3.29. The molecule has 0 radical (unpaired) electrons. The van der Waals surface area contributed by atoms with Gasteiger partial charge in [-0.05, 0) is 36.8 Å². The van der Waals surface area contributed by atoms with E-state index in [4.69, 9.17) is 16.6 Å². The van der Waals surface area contributed by atoms with Crippen molar-refractivity contribution in [2.24, 2.45) is 0 Å². The Labute approximate surface area is 197 Å². The molecule has 0 amide bonds. The Balaban J connectivity index is 1.91. The van der Waals surface area contributed by atoms with Gasteiger partial charge >= 0.3 is 5.97 Å². The summed E-state index contributed by atoms with van der Waals surface area (Å²) in [5, 5.41) is 15.9. The van der Waals surface area contributed by atoms with Gasteiger partial charge in [-0.3, -0.25) is 0 Å². The number of aromatic nitrogens is 3. The highest BCUT2D eigenvalue weighted by Gasteiger charge is 2.26. The number of aromatic carboxylic acids is 1. The van der Waals surface area contributed by atoms with Crippen molar-refractivity contribution in [1.29, 1.82) is 0 Å². The molecule has 0 spiro atoms. The third-order valence-electron chi connectivity index (χ3n) is 4.60. The lowest BCUT2D eigenvalue weighted by Gasteiger charge is -2.04. The molecule has 1 N–H and O–H groups in total. The molecule has 0 bridgehead atoms. The maximum Gasteiger partial charge on any atom is 0.355 e. The Bertz CT molecular complexity index is 1300. The van der Waals surface area contributed by atoms with Crippen LogP contribution in [-0.4, -0.2) is 31.1 Å². The van der Waals surface area contributed by atoms with Crippen LogP contribution in [0.4, 0.5) is 4.39 Å². The monoisotopic (exact) mass is 487 g/mol. The molecule has 0 atom stereocenters. The molecule has 4 aromatic rings. The number of rotatable bonds is 6. The minimum Gasteiger partial charge on any atom is -0.476 e. The number of hydrogen-bond acceptors (Lipinski definition) is 5. The van der Waals surface area contributed by atoms with E-state index in [0.717, 1.165) is 15.5 Å². The Morgan fingerprint density at radius 3 is 2.53 bits per heavy atom. The third kappa shape index (κ3) is 4.44. The van der Waals surface area contributed by atoms with Crippen LogP contribution >= 0.6 is 34.7 Å². The molecule has 0 aliphatic carbocycles. The summed E-state index contributed by atoms with van der Waals surface area (Å²) in [7, 11) is 0. The molecule has 0 aliphatic rings. The lowest BCUT2D eigenvalue weighted by molar-refractivity contribution is 0.0688. The van der Waals surface area contributed by atoms with E-state index in [2.05, 4.69) is 18.9 Å². The number of hydrogen-bond donors (Lipinski definition) is 1. The number of nitrogens with zero attached hydrogens (tertiary/aromatic N) is 3. The first-order valence-electron chi connectivity index (χ1n) is 9.77. The predicted octanol–water partition coefficient (Wildman–Crippen LogP) is 6.96. The van der Waals surface area contributed by atoms with Crippen LogP contribution in [0.1, 0.15) is 30.0 Å². The van der Waals surface area contributed by atoms with Crippen LogP contribution < -0.4 is 0 Å². The number of carboxylic acid groups (broad SMARTS) is 1. The largest absolute Gasteiger partial charge is 0.476 e. The van der Waals surface area contributed by atoms with Crippen LogP contribution in [-0.2, 0) is 0 Å². The van der Waals surface area contributed by atoms with Crippen LogP contribution in [0.2, 0.25) is 5.02 Å². The molecule has 2 heterocycles. The average molecular weight is 488 g/mol. The summed E-state index contributed by atoms with van der Waals surface area (Å²) in [5.74, 6) is -1.60. The summed E-state index contributed by atoms with van der Waals surface area (Å²) < 4.78 is 16.1. The van der Waals surface area contributed by atoms with Gasteiger partial charge in [0.25, 0.3) is 0 Å². The van der Waals surface area contributed by atoms with E-state index in [0.29, 0.717) is 32.2 Å². The lowest BCUT2D eigenvalue weighted by atomic mass is 10.0. The first-order chi connectivity index (χ1) is 15.2. The highest BCUT2D eigenvalue weighted by atomic mass is 35.5. The molecule has 5 nitrogen and oxygen atoms in total. The van der Waals surface area contributed by atoms with Gasteiger partial charge in [0.2, 0.25) is 5.13 Å². The van der Waals surface area contributed by atoms with Gasteiger partial charge in [-0.1, -0.05) is 61.1 Å². The summed E-state index contributed by atoms with van der Waals surface area (Å²) in [5.41, 5.74) is 2.89. The van der Waals surface area contributed by atoms with Crippen LogP contribution in [0.15, 0.2) is 52.7 Å². The number of aryl methyl sites for hydroxylation is 1. The fourth-order valence-electron chi connectivity index (χ4n) is 3.32. The molecule has 0 fully saturated rings. The van der Waals surface area contributed by atoms with Crippen molar-refractivity contribution >= 4 is 40.7 Å². The molecule has 0 saturated carbocycles. The zero-order valence-electron chi connectivity index (χ0n) is 17.5. The molecular formula is C23H19ClFN3O2S2. The number of carboxylic acids is 1. The summed E-state index contributed by atoms with van der Waals surface area (Å²) in [6, 6.07) is 13.2. The Hall–Kier alpha value is -2.68. The fourth-order valence-corrected chi connectivity index (χ4v) is 5.93. The van der Waals surface area contributed by atoms with Gasteiger partial charge < -0.3 is 5.11 Å². The van der Waals surface area contributed by atoms with E-state index in [1.807, 2.05) is 12.1 Å². The fraction of sp³-hybridized carbons (Fsp3) is 0.174. The number of thioether (sulfide) groups is 1. The second-order valence-corrected chi connectivity index (χ2v) is 10.6. The normalized spacial score (nSPS) is 11.3. The summed E-state index contributed by atoms with van der Waals surface area (Å²) in [4.78, 5) is 17.0. The molecule has 2 aromatic heterocycles. The van der Waals surface area contributed by atoms with Crippen molar-refractivity contribution in [3.63, 3.8) is 0 Å². The highest BCUT2D eigenvalue weighted by Crippen LogP contribution is 2.41. The van der Waals surface area contributed by atoms with Crippen LogP contribution in [0.5, 0.6) is 0 Å². The zero-order valence-corrected chi connectivity index (χ0v) is 19.9. The van der Waals surface area contributed by atoms with Gasteiger partial charge in [0.05, 0.1) is 15.6 Å². The van der Waals surface area contributed by atoms with Gasteiger partial charge in [-0.15, -0.1) is 11.8 Å². The molecule has 9 heteroatoms. The molecule has 164 valence electrons. The van der Waals surface area contributed by atoms with Gasteiger partial charge in [-0.2, -0.15) is 9.78 Å². The van der Waals surface area contributed by atoms with Crippen molar-refractivity contribution in [3.8, 4) is 27.5 Å². The maximum absolute atomic E-state index is 13.8. The Morgan fingerprint density at radius 1 is 1.19 bits per heavy atom. The van der Waals surface area contributed by atoms with Gasteiger partial charge in [0, 0.05) is 21.4 Å². The van der Waals surface area contributed by atoms with E-state index in [9.17, 15) is 14.3 Å². The first kappa shape index (κ1) is 22.5. The smallest absolute Gasteiger partial charge is 0.355 e. The lowest BCUT2D eigenvalue weighted by Crippen LogP contribution is -2.09. The number of carbonyl (C=O) groups is 1. The molecule has 0 saturated heterocycles. The summed E-state index contributed by atoms with van der Waals surface area (Å²) in [6.45, 7) is 5.87. The van der Waals surface area contributed by atoms with E-state index in [1.165, 1.54) is 28.2 Å². The van der Waals surface area contributed by atoms with Gasteiger partial charge in [-0.25, -0.2) is 14.2 Å². The molecule has 2 aromatic carbocycles. The molecule has 32 heavy (non-hydrogen) atoms. The topological polar surface area (TPSA) is 68.0 Å². The highest BCUT2D eigenvalue weighted by molar-refractivity contribution is 8.01. The maximum atomic E-state index is 13.8. The van der Waals surface area contributed by atoms with Gasteiger partial charge in [0.15, 0.2) is 5.69 Å². The minimum absolute atomic E-state index is 0.0504. The molecule has 4 rings (SSSR count). The predicted molar refractivity (Wildman–Crippen MR) is 128 cm³/mol. The summed E-state index contributed by atoms with van der Waals surface area (Å²) in [6.07, 6.45) is 0. The Morgan fingerprint density at radius 2 is 1.91 bits per heavy atom. The van der Waals surface area contributed by atoms with Crippen molar-refractivity contribution in [2.45, 2.75) is 30.2 Å². The third-order valence-corrected chi connectivity index (χ3v) is 7.10. The van der Waals surface area contributed by atoms with Crippen molar-refractivity contribution in [2.75, 3.05) is 0 Å². The van der Waals surface area contributed by atoms with E-state index >= 15 is 0 Å². The number of benzene rings is 2. The van der Waals surface area contributed by atoms with Gasteiger partial charge in [0.1, 0.15) is 5.82 Å². The van der Waals surface area contributed by atoms with Crippen molar-refractivity contribution in [1.82, 2.24) is 14.8 Å². The van der Waals surface area contributed by atoms with E-state index in [-0.39, 0.29) is 5.69 Å². The first-order valence-corrected chi connectivity index (χ1v) is 11.8. The van der Waals surface area contributed by atoms with Crippen molar-refractivity contribution < 1.29 is 14.3 Å². The zero-order chi connectivity index (χ0) is 23.0. The standard InChI is InChI=1S/C23H19ClFN3O2S2/c1-12(2)31-22-19(14-7-9-16(24)10-8-14)26-23(32-22)28-20(21(29)30)18(13(3)27-28)15-5-4-6-17(25)11-15/h4-12H,1-3H3,(H,29,30). The molecule has 0 aliphatic heterocycles. The van der Waals surface area contributed by atoms with Crippen LogP contribution in [0, 0.1) is 12.7 Å². The van der Waals surface area contributed by atoms with E-state index in [1.54, 1.807) is 43.0 Å². The second kappa shape index (κ2) is 9.05. The quantitative estimate of drug-likeness (QED) is 0.298. The summed E-state index contributed by atoms with van der Waals surface area (Å²) >= 11 is 9.06.